The Morgan fingerprint density at radius 3 is 0.750 bits per heavy atom. The molecule has 1 atom stereocenters. The van der Waals surface area contributed by atoms with Crippen molar-refractivity contribution in [2.75, 3.05) is 0 Å². The minimum atomic E-state index is 0. The first-order chi connectivity index (χ1) is 0. The van der Waals surface area contributed by atoms with Crippen molar-refractivity contribution in [3.63, 3.8) is 0 Å². The van der Waals surface area contributed by atoms with E-state index < -0.39 is 0 Å². The van der Waals surface area contributed by atoms with Gasteiger partial charge in [0.2, 0.25) is 0 Å². The Morgan fingerprint density at radius 2 is 0.750 bits per heavy atom. The van der Waals surface area contributed by atoms with E-state index in [0.717, 1.165) is 0 Å². The molecule has 0 saturated carbocycles. The maximum absolute atomic E-state index is 0. The molecular weight excluding hydrogens is 285 g/mol. The SMILES string of the molecule is P.[GaH3].[GaH3].[InH3]. The first kappa shape index (κ1) is 30.8. The van der Waals surface area contributed by atoms with Gasteiger partial charge in [0.25, 0.3) is 0 Å². The van der Waals surface area contributed by atoms with Crippen molar-refractivity contribution in [1.29, 1.82) is 0 Å². The molecule has 4 heavy (non-hydrogen) atoms. The molecule has 0 nitrogen and oxygen atoms in total. The van der Waals surface area contributed by atoms with Crippen molar-refractivity contribution < 1.29 is 0 Å². The first-order valence-corrected chi connectivity index (χ1v) is 0. The molecule has 26 valence electrons. The Kier molecular flexibility index (Phi) is 136. The summed E-state index contributed by atoms with van der Waals surface area (Å²) in [6.07, 6.45) is 0. The minimum absolute atomic E-state index is 0. The summed E-state index contributed by atoms with van der Waals surface area (Å²) >= 11 is 0. The van der Waals surface area contributed by atoms with E-state index in [2.05, 4.69) is 0 Å². The summed E-state index contributed by atoms with van der Waals surface area (Å²) in [7, 11) is 0. The second kappa shape index (κ2) is 17.6. The second-order valence-electron chi connectivity index (χ2n) is 0. The molecule has 0 amide bonds. The molecule has 1 unspecified atom stereocenters. The monoisotopic (exact) mass is 296 g/mol. The van der Waals surface area contributed by atoms with E-state index in [0.29, 0.717) is 0 Å². The molecule has 0 bridgehead atoms. The summed E-state index contributed by atoms with van der Waals surface area (Å²) in [5.41, 5.74) is 0. The molecule has 0 spiro atoms. The van der Waals surface area contributed by atoms with E-state index in [1.807, 2.05) is 0 Å². The van der Waals surface area contributed by atoms with E-state index in [9.17, 15) is 0 Å². The zero-order chi connectivity index (χ0) is 0. The molecule has 0 aliphatic carbocycles. The van der Waals surface area contributed by atoms with Gasteiger partial charge >= 0.3 is 65.4 Å². The van der Waals surface area contributed by atoms with Crippen molar-refractivity contribution in [3.8, 4) is 0 Å². The van der Waals surface area contributed by atoms with E-state index in [1.165, 1.54) is 0 Å². The van der Waals surface area contributed by atoms with Crippen LogP contribution < -0.4 is 0 Å². The maximum atomic E-state index is 0. The Bertz CT molecular complexity index is 6.00. The van der Waals surface area contributed by atoms with Crippen molar-refractivity contribution in [1.82, 2.24) is 0 Å². The predicted molar refractivity (Wildman–Crippen MR) is 40.9 cm³/mol. The molecule has 0 radical (unpaired) electrons. The van der Waals surface area contributed by atoms with Gasteiger partial charge in [0, 0.05) is 0 Å². The Morgan fingerprint density at radius 1 is 0.750 bits per heavy atom. The second-order valence-corrected chi connectivity index (χ2v) is 0. The van der Waals surface area contributed by atoms with Gasteiger partial charge in [-0.2, -0.15) is 9.90 Å². The summed E-state index contributed by atoms with van der Waals surface area (Å²) in [6, 6.07) is 0. The van der Waals surface area contributed by atoms with Crippen LogP contribution in [0.5, 0.6) is 0 Å². The van der Waals surface area contributed by atoms with E-state index in [4.69, 9.17) is 0 Å². The standard InChI is InChI=1S/2Ga.In.H3P.9H/h;;;1H3;;;;;;;;;. The van der Waals surface area contributed by atoms with Crippen LogP contribution >= 0.6 is 9.90 Å². The molecular formula is H12Ga2InP. The van der Waals surface area contributed by atoms with Crippen LogP contribution in [0.15, 0.2) is 0 Å². The average Bonchev–Trinajstić information content (AvgIpc) is 0. The fourth-order valence-electron chi connectivity index (χ4n) is 0. The number of rotatable bonds is 0. The van der Waals surface area contributed by atoms with Gasteiger partial charge in [-0.05, 0) is 0 Å². The molecule has 0 N–H and O–H groups in total. The van der Waals surface area contributed by atoms with Gasteiger partial charge in [0.15, 0.2) is 0 Å². The van der Waals surface area contributed by atoms with Crippen LogP contribution in [-0.2, 0) is 0 Å². The zero-order valence-corrected chi connectivity index (χ0v) is 2.12. The molecule has 0 rings (SSSR count). The molecule has 0 heterocycles. The zero-order valence-electron chi connectivity index (χ0n) is 0.707. The van der Waals surface area contributed by atoms with Crippen LogP contribution in [0.25, 0.3) is 0 Å². The molecule has 0 aromatic rings. The predicted octanol–water partition coefficient (Wildman–Crippen LogP) is -3.49. The third-order valence-electron chi connectivity index (χ3n) is 0. The molecule has 0 aliphatic heterocycles. The number of hydrogen-bond donors (Lipinski definition) is 0. The van der Waals surface area contributed by atoms with Crippen LogP contribution in [-0.4, -0.2) is 65.4 Å². The van der Waals surface area contributed by atoms with Crippen molar-refractivity contribution >= 4 is 75.3 Å². The summed E-state index contributed by atoms with van der Waals surface area (Å²) in [5.74, 6) is 0. The summed E-state index contributed by atoms with van der Waals surface area (Å²) < 4.78 is 0. The van der Waals surface area contributed by atoms with E-state index >= 15 is 0 Å². The number of hydrogen-bond acceptors (Lipinski definition) is 0. The average molecular weight is 297 g/mol. The Labute approximate surface area is 74.4 Å². The van der Waals surface area contributed by atoms with Gasteiger partial charge in [-0.3, -0.25) is 0 Å². The van der Waals surface area contributed by atoms with Gasteiger partial charge in [-0.15, -0.1) is 0 Å². The van der Waals surface area contributed by atoms with Gasteiger partial charge in [0.1, 0.15) is 0 Å². The Hall–Kier alpha value is 2.57. The van der Waals surface area contributed by atoms with E-state index in [-0.39, 0.29) is 75.3 Å². The van der Waals surface area contributed by atoms with E-state index in [1.54, 1.807) is 0 Å². The molecule has 4 heteroatoms. The summed E-state index contributed by atoms with van der Waals surface area (Å²) in [5, 5.41) is 0. The summed E-state index contributed by atoms with van der Waals surface area (Å²) in [6.45, 7) is 0. The van der Waals surface area contributed by atoms with Crippen molar-refractivity contribution in [3.05, 3.63) is 0 Å². The van der Waals surface area contributed by atoms with Gasteiger partial charge in [-0.1, -0.05) is 0 Å². The van der Waals surface area contributed by atoms with Gasteiger partial charge in [-0.25, -0.2) is 0 Å². The topological polar surface area (TPSA) is 0 Å². The molecule has 0 aliphatic rings. The van der Waals surface area contributed by atoms with Crippen LogP contribution in [0.3, 0.4) is 0 Å². The third kappa shape index (κ3) is 8.82. The Balaban J connectivity index is 0. The van der Waals surface area contributed by atoms with Gasteiger partial charge < -0.3 is 0 Å². The molecule has 0 saturated heterocycles. The van der Waals surface area contributed by atoms with Crippen molar-refractivity contribution in [2.24, 2.45) is 0 Å². The van der Waals surface area contributed by atoms with Crippen LogP contribution in [0.2, 0.25) is 0 Å². The normalized spacial score (nSPS) is 0. The van der Waals surface area contributed by atoms with Gasteiger partial charge in [0.05, 0.1) is 0 Å². The fraction of sp³-hybridized carbons (Fsp3) is 0. The van der Waals surface area contributed by atoms with Crippen LogP contribution in [0.4, 0.5) is 0 Å². The summed E-state index contributed by atoms with van der Waals surface area (Å²) in [4.78, 5) is 0. The van der Waals surface area contributed by atoms with Crippen LogP contribution in [0, 0.1) is 0 Å². The van der Waals surface area contributed by atoms with Crippen LogP contribution in [0.1, 0.15) is 0 Å². The molecule has 0 fully saturated rings. The molecule has 0 aromatic carbocycles. The quantitative estimate of drug-likeness (QED) is 0.322. The fourth-order valence-corrected chi connectivity index (χ4v) is 0. The van der Waals surface area contributed by atoms with Crippen molar-refractivity contribution in [2.45, 2.75) is 0 Å². The third-order valence-corrected chi connectivity index (χ3v) is 0. The first-order valence-electron chi connectivity index (χ1n) is 0. The molecule has 0 aromatic heterocycles.